The van der Waals surface area contributed by atoms with Crippen LogP contribution in [0.4, 0.5) is 9.59 Å². The normalized spacial score (nSPS) is 18.6. The summed E-state index contributed by atoms with van der Waals surface area (Å²) in [7, 11) is 0. The maximum Gasteiger partial charge on any atom is 0.410 e. The van der Waals surface area contributed by atoms with Gasteiger partial charge in [0.1, 0.15) is 11.2 Å². The molecule has 2 amide bonds. The number of aromatic nitrogens is 1. The Morgan fingerprint density at radius 1 is 0.660 bits per heavy atom. The van der Waals surface area contributed by atoms with Crippen LogP contribution in [0.1, 0.15) is 78.4 Å². The molecular formula is C38H47N3O6. The second-order valence-corrected chi connectivity index (χ2v) is 14.6. The van der Waals surface area contributed by atoms with Crippen LogP contribution in [0.25, 0.3) is 22.5 Å². The molecular weight excluding hydrogens is 594 g/mol. The van der Waals surface area contributed by atoms with E-state index in [1.54, 1.807) is 9.80 Å². The third-order valence-corrected chi connectivity index (χ3v) is 8.40. The lowest BCUT2D eigenvalue weighted by Crippen LogP contribution is -2.43. The summed E-state index contributed by atoms with van der Waals surface area (Å²) in [4.78, 5) is 56.1. The SMILES string of the molecule is [2H]n1c(-c2ccc(CC(=O)[C@@H]3CCCN3C(=O)OC(C)(C)C)cc2)ccc1-c1ccc(CC(=O)[C@@H]2CCCN2C(=O)OC(C)(C)C)cc1. The summed E-state index contributed by atoms with van der Waals surface area (Å²) >= 11 is 0. The number of ketones is 2. The van der Waals surface area contributed by atoms with Gasteiger partial charge in [-0.25, -0.2) is 9.59 Å². The lowest BCUT2D eigenvalue weighted by molar-refractivity contribution is -0.123. The van der Waals surface area contributed by atoms with Crippen LogP contribution in [-0.2, 0) is 31.9 Å². The Labute approximate surface area is 279 Å². The molecule has 5 rings (SSSR count). The molecule has 0 unspecified atom stereocenters. The second-order valence-electron chi connectivity index (χ2n) is 14.6. The van der Waals surface area contributed by atoms with Crippen LogP contribution in [-0.4, -0.2) is 74.9 Å². The first-order valence-electron chi connectivity index (χ1n) is 17.0. The fraction of sp³-hybridized carbons (Fsp3) is 0.474. The van der Waals surface area contributed by atoms with E-state index in [2.05, 4.69) is 0 Å². The van der Waals surface area contributed by atoms with Crippen molar-refractivity contribution in [3.63, 3.8) is 0 Å². The van der Waals surface area contributed by atoms with Gasteiger partial charge in [-0.3, -0.25) is 19.4 Å². The molecule has 2 aromatic carbocycles. The van der Waals surface area contributed by atoms with Gasteiger partial charge in [-0.1, -0.05) is 48.5 Å². The molecule has 0 saturated carbocycles. The number of Topliss-reactive ketones (excluding diaryl/α,β-unsaturated/α-hetero) is 2. The van der Waals surface area contributed by atoms with E-state index in [-0.39, 0.29) is 24.4 Å². The van der Waals surface area contributed by atoms with Gasteiger partial charge in [-0.05, 0) is 102 Å². The number of carbonyl (C=O) groups is 4. The smallest absolute Gasteiger partial charge is 0.410 e. The molecule has 250 valence electrons. The van der Waals surface area contributed by atoms with Crippen LogP contribution >= 0.6 is 0 Å². The van der Waals surface area contributed by atoms with Gasteiger partial charge >= 0.3 is 12.2 Å². The van der Waals surface area contributed by atoms with Crippen LogP contribution in [0.2, 0.25) is 1.41 Å². The average Bonchev–Trinajstić information content (AvgIpc) is 3.77. The van der Waals surface area contributed by atoms with Gasteiger partial charge in [0, 0.05) is 37.3 Å². The first kappa shape index (κ1) is 32.5. The van der Waals surface area contributed by atoms with Crippen molar-refractivity contribution in [2.45, 2.75) is 103 Å². The van der Waals surface area contributed by atoms with Crippen molar-refractivity contribution < 1.29 is 30.1 Å². The van der Waals surface area contributed by atoms with Crippen molar-refractivity contribution in [2.24, 2.45) is 0 Å². The molecule has 0 bridgehead atoms. The quantitative estimate of drug-likeness (QED) is 0.275. The number of ether oxygens (including phenoxy) is 2. The Balaban J connectivity index is 1.20. The van der Waals surface area contributed by atoms with Crippen LogP contribution in [0.15, 0.2) is 60.7 Å². The van der Waals surface area contributed by atoms with Gasteiger partial charge in [0.05, 0.1) is 12.1 Å². The van der Waals surface area contributed by atoms with Crippen LogP contribution in [0, 0.1) is 0 Å². The summed E-state index contributed by atoms with van der Waals surface area (Å²) in [6, 6.07) is 18.0. The number of carbonyl (C=O) groups excluding carboxylic acids is 4. The molecule has 2 aliphatic heterocycles. The first-order valence-corrected chi connectivity index (χ1v) is 16.5. The summed E-state index contributed by atoms with van der Waals surface area (Å²) in [6.45, 7) is 11.9. The lowest BCUT2D eigenvalue weighted by atomic mass is 10.0. The maximum absolute atomic E-state index is 13.2. The third-order valence-electron chi connectivity index (χ3n) is 8.40. The molecule has 2 atom stereocenters. The molecule has 0 spiro atoms. The summed E-state index contributed by atoms with van der Waals surface area (Å²) < 4.78 is 19.8. The molecule has 2 fully saturated rings. The molecule has 0 radical (unpaired) electrons. The molecule has 47 heavy (non-hydrogen) atoms. The highest BCUT2D eigenvalue weighted by atomic mass is 16.6. The number of likely N-dealkylation sites (tertiary alicyclic amines) is 2. The number of hydrogen-bond acceptors (Lipinski definition) is 6. The largest absolute Gasteiger partial charge is 0.444 e. The fourth-order valence-electron chi connectivity index (χ4n) is 6.19. The van der Waals surface area contributed by atoms with Crippen molar-refractivity contribution in [1.29, 1.82) is 0 Å². The number of hydrogen-bond donors (Lipinski definition) is 1. The highest BCUT2D eigenvalue weighted by Gasteiger charge is 2.37. The third kappa shape index (κ3) is 8.70. The van der Waals surface area contributed by atoms with Crippen molar-refractivity contribution in [3.8, 4) is 22.5 Å². The molecule has 3 heterocycles. The van der Waals surface area contributed by atoms with Crippen molar-refractivity contribution in [3.05, 3.63) is 71.8 Å². The molecule has 1 aromatic heterocycles. The van der Waals surface area contributed by atoms with Gasteiger partial charge in [-0.15, -0.1) is 0 Å². The first-order chi connectivity index (χ1) is 22.6. The van der Waals surface area contributed by atoms with Crippen LogP contribution < -0.4 is 0 Å². The van der Waals surface area contributed by atoms with Gasteiger partial charge in [0.25, 0.3) is 0 Å². The van der Waals surface area contributed by atoms with Crippen LogP contribution in [0.3, 0.4) is 0 Å². The van der Waals surface area contributed by atoms with E-state index >= 15 is 0 Å². The van der Waals surface area contributed by atoms with E-state index in [1.807, 2.05) is 102 Å². The summed E-state index contributed by atoms with van der Waals surface area (Å²) in [6.07, 6.45) is 2.35. The minimum absolute atomic E-state index is 0.00832. The standard InChI is InChI=1S/C38H47N3O6/c1-37(2,3)46-35(44)40-21-7-9-31(40)33(42)23-25-11-15-27(16-12-25)29-19-20-30(39-29)28-17-13-26(14-18-28)24-34(43)32-10-8-22-41(32)36(45)47-38(4,5)6/h11-20,31-32,39H,7-10,21-24H2,1-6H3/t31-,32-/m0/s1/i/hD. The maximum atomic E-state index is 13.2. The summed E-state index contributed by atoms with van der Waals surface area (Å²) in [5.74, 6) is -0.0166. The molecule has 2 aliphatic rings. The number of nitrogens with zero attached hydrogens (tertiary/aromatic N) is 2. The molecule has 0 aliphatic carbocycles. The summed E-state index contributed by atoms with van der Waals surface area (Å²) in [5, 5.41) is 0. The van der Waals surface area contributed by atoms with Gasteiger partial charge < -0.3 is 14.5 Å². The molecule has 3 aromatic rings. The van der Waals surface area contributed by atoms with Gasteiger partial charge in [-0.2, -0.15) is 0 Å². The van der Waals surface area contributed by atoms with Gasteiger partial charge in [0.2, 0.25) is 0 Å². The van der Waals surface area contributed by atoms with Crippen molar-refractivity contribution in [2.75, 3.05) is 13.1 Å². The fourth-order valence-corrected chi connectivity index (χ4v) is 6.19. The minimum atomic E-state index is -0.619. The van der Waals surface area contributed by atoms with Crippen molar-refractivity contribution in [1.82, 2.24) is 14.8 Å². The minimum Gasteiger partial charge on any atom is -0.444 e. The number of nitrogens with one attached hydrogen (secondary N) is 1. The lowest BCUT2D eigenvalue weighted by Gasteiger charge is -2.28. The zero-order valence-corrected chi connectivity index (χ0v) is 28.4. The average molecular weight is 643 g/mol. The van der Waals surface area contributed by atoms with Crippen molar-refractivity contribution >= 4 is 23.8 Å². The van der Waals surface area contributed by atoms with Gasteiger partial charge in [0.15, 0.2) is 13.0 Å². The van der Waals surface area contributed by atoms with E-state index in [4.69, 9.17) is 10.9 Å². The number of amides is 2. The van der Waals surface area contributed by atoms with E-state index in [1.165, 1.54) is 4.98 Å². The number of aromatic amines is 1. The highest BCUT2D eigenvalue weighted by Crippen LogP contribution is 2.28. The Morgan fingerprint density at radius 2 is 1.02 bits per heavy atom. The monoisotopic (exact) mass is 642 g/mol. The topological polar surface area (TPSA) is 109 Å². The zero-order valence-electron chi connectivity index (χ0n) is 29.4. The summed E-state index contributed by atoms with van der Waals surface area (Å²) in [5.41, 5.74) is 3.56. The van der Waals surface area contributed by atoms with E-state index in [0.29, 0.717) is 37.3 Å². The second kappa shape index (κ2) is 13.8. The molecule has 9 nitrogen and oxygen atoms in total. The molecule has 1 N–H and O–H groups in total. The molecule has 2 saturated heterocycles. The number of H-pyrrole nitrogens is 1. The Bertz CT molecular complexity index is 1530. The predicted octanol–water partition coefficient (Wildman–Crippen LogP) is 7.37. The van der Waals surface area contributed by atoms with Crippen LogP contribution in [0.5, 0.6) is 0 Å². The van der Waals surface area contributed by atoms with E-state index < -0.39 is 35.5 Å². The Kier molecular flexibility index (Phi) is 9.52. The zero-order chi connectivity index (χ0) is 34.8. The predicted molar refractivity (Wildman–Crippen MR) is 181 cm³/mol. The Hall–Kier alpha value is -4.40. The molecule has 9 heteroatoms. The number of rotatable bonds is 8. The Morgan fingerprint density at radius 3 is 1.36 bits per heavy atom. The van der Waals surface area contributed by atoms with E-state index in [0.717, 1.165) is 35.1 Å². The highest BCUT2D eigenvalue weighted by molar-refractivity contribution is 5.90. The van der Waals surface area contributed by atoms with E-state index in [9.17, 15) is 19.2 Å². The number of benzene rings is 2.